The molecule has 1 amide bonds. The first-order valence-electron chi connectivity index (χ1n) is 15.3. The van der Waals surface area contributed by atoms with Crippen molar-refractivity contribution in [2.45, 2.75) is 96.5 Å². The van der Waals surface area contributed by atoms with Crippen LogP contribution in [0.15, 0.2) is 41.0 Å². The number of carbonyl (C=O) groups is 2. The fourth-order valence-electron chi connectivity index (χ4n) is 6.94. The Bertz CT molecular complexity index is 1270. The Balaban J connectivity index is 1.60. The molecule has 2 saturated heterocycles. The molecule has 9 heteroatoms. The molecule has 3 aliphatic rings. The molecule has 42 heavy (non-hydrogen) atoms. The van der Waals surface area contributed by atoms with Crippen LogP contribution in [0.1, 0.15) is 88.4 Å². The average molecular weight is 643 g/mol. The van der Waals surface area contributed by atoms with Crippen LogP contribution >= 0.6 is 15.9 Å². The minimum Gasteiger partial charge on any atom is -0.481 e. The molecule has 1 N–H and O–H groups in total. The summed E-state index contributed by atoms with van der Waals surface area (Å²) in [6.07, 6.45) is 6.43. The van der Waals surface area contributed by atoms with Crippen LogP contribution in [0.5, 0.6) is 5.88 Å². The summed E-state index contributed by atoms with van der Waals surface area (Å²) in [7, 11) is 1.64. The number of ether oxygens (including phenoxy) is 3. The van der Waals surface area contributed by atoms with E-state index in [2.05, 4.69) is 53.1 Å². The van der Waals surface area contributed by atoms with E-state index in [9.17, 15) is 9.59 Å². The van der Waals surface area contributed by atoms with Gasteiger partial charge in [0.05, 0.1) is 19.8 Å². The van der Waals surface area contributed by atoms with Crippen molar-refractivity contribution in [3.05, 3.63) is 57.7 Å². The third-order valence-electron chi connectivity index (χ3n) is 9.12. The first-order chi connectivity index (χ1) is 20.2. The van der Waals surface area contributed by atoms with E-state index >= 15 is 0 Å². The highest BCUT2D eigenvalue weighted by Crippen LogP contribution is 2.50. The average Bonchev–Trinajstić information content (AvgIpc) is 3.58. The number of amides is 1. The third kappa shape index (κ3) is 6.10. The van der Waals surface area contributed by atoms with Gasteiger partial charge in [-0.2, -0.15) is 0 Å². The van der Waals surface area contributed by atoms with Crippen LogP contribution in [0.4, 0.5) is 0 Å². The number of hydrogen-bond acceptors (Lipinski definition) is 7. The number of likely N-dealkylation sites (tertiary alicyclic amines) is 1. The maximum atomic E-state index is 14.3. The topological polar surface area (TPSA) is 90.0 Å². The lowest BCUT2D eigenvalue weighted by Crippen LogP contribution is -2.50. The highest BCUT2D eigenvalue weighted by Gasteiger charge is 2.59. The quantitative estimate of drug-likeness (QED) is 0.339. The van der Waals surface area contributed by atoms with Crippen LogP contribution in [-0.2, 0) is 25.6 Å². The molecular formula is C33H44BrN3O5. The van der Waals surface area contributed by atoms with E-state index in [0.29, 0.717) is 31.4 Å². The van der Waals surface area contributed by atoms with E-state index < -0.39 is 18.2 Å². The fraction of sp³-hybridized carbons (Fsp3) is 0.606. The zero-order chi connectivity index (χ0) is 30.0. The first-order valence-corrected chi connectivity index (χ1v) is 16.1. The molecule has 1 aromatic carbocycles. The molecule has 2 aliphatic heterocycles. The Morgan fingerprint density at radius 3 is 2.52 bits per heavy atom. The Morgan fingerprint density at radius 1 is 1.17 bits per heavy atom. The molecule has 1 aliphatic carbocycles. The minimum absolute atomic E-state index is 0.156. The molecule has 1 saturated carbocycles. The van der Waals surface area contributed by atoms with Crippen molar-refractivity contribution in [1.82, 2.24) is 15.2 Å². The number of nitrogens with one attached hydrogen (secondary N) is 1. The molecular weight excluding hydrogens is 598 g/mol. The zero-order valence-electron chi connectivity index (χ0n) is 25.4. The summed E-state index contributed by atoms with van der Waals surface area (Å²) in [6.45, 7) is 9.47. The van der Waals surface area contributed by atoms with Gasteiger partial charge in [0.25, 0.3) is 5.91 Å². The van der Waals surface area contributed by atoms with Gasteiger partial charge in [-0.25, -0.2) is 9.78 Å². The zero-order valence-corrected chi connectivity index (χ0v) is 27.0. The van der Waals surface area contributed by atoms with E-state index in [1.165, 1.54) is 24.8 Å². The van der Waals surface area contributed by atoms with E-state index in [4.69, 9.17) is 14.2 Å². The molecule has 3 fully saturated rings. The summed E-state index contributed by atoms with van der Waals surface area (Å²) in [4.78, 5) is 34.6. The summed E-state index contributed by atoms with van der Waals surface area (Å²) < 4.78 is 18.1. The van der Waals surface area contributed by atoms with Crippen LogP contribution in [-0.4, -0.2) is 60.3 Å². The molecule has 2 aromatic rings. The number of benzene rings is 1. The minimum atomic E-state index is -0.780. The van der Waals surface area contributed by atoms with Gasteiger partial charge in [-0.15, -0.1) is 0 Å². The van der Waals surface area contributed by atoms with Crippen molar-refractivity contribution < 1.29 is 23.8 Å². The normalized spacial score (nSPS) is 26.2. The summed E-state index contributed by atoms with van der Waals surface area (Å²) in [5.74, 6) is 0.333. The van der Waals surface area contributed by atoms with Crippen molar-refractivity contribution in [3.8, 4) is 5.88 Å². The lowest BCUT2D eigenvalue weighted by Gasteiger charge is -2.36. The Morgan fingerprint density at radius 2 is 1.93 bits per heavy atom. The van der Waals surface area contributed by atoms with Gasteiger partial charge >= 0.3 is 5.97 Å². The van der Waals surface area contributed by atoms with E-state index in [-0.39, 0.29) is 35.9 Å². The van der Waals surface area contributed by atoms with E-state index in [1.807, 2.05) is 30.5 Å². The summed E-state index contributed by atoms with van der Waals surface area (Å²) in [5.41, 5.74) is 2.79. The number of esters is 1. The predicted molar refractivity (Wildman–Crippen MR) is 164 cm³/mol. The largest absolute Gasteiger partial charge is 0.481 e. The molecule has 8 nitrogen and oxygen atoms in total. The maximum absolute atomic E-state index is 14.3. The van der Waals surface area contributed by atoms with Crippen molar-refractivity contribution in [2.24, 2.45) is 11.3 Å². The van der Waals surface area contributed by atoms with Crippen molar-refractivity contribution in [2.75, 3.05) is 20.3 Å². The Hall–Kier alpha value is -2.49. The highest BCUT2D eigenvalue weighted by molar-refractivity contribution is 9.10. The number of hydrogen-bond donors (Lipinski definition) is 1. The smallest absolute Gasteiger partial charge is 0.329 e. The van der Waals surface area contributed by atoms with Crippen LogP contribution in [0.25, 0.3) is 0 Å². The second kappa shape index (κ2) is 13.0. The van der Waals surface area contributed by atoms with Crippen molar-refractivity contribution in [3.63, 3.8) is 0 Å². The fourth-order valence-corrected chi connectivity index (χ4v) is 7.46. The predicted octanol–water partition coefficient (Wildman–Crippen LogP) is 5.93. The lowest BCUT2D eigenvalue weighted by atomic mass is 9.72. The van der Waals surface area contributed by atoms with Gasteiger partial charge in [-0.3, -0.25) is 4.79 Å². The summed E-state index contributed by atoms with van der Waals surface area (Å²) >= 11 is 3.77. The molecule has 228 valence electrons. The molecule has 0 spiro atoms. The molecule has 3 heterocycles. The molecule has 1 aromatic heterocycles. The van der Waals surface area contributed by atoms with Gasteiger partial charge in [-0.05, 0) is 67.2 Å². The van der Waals surface area contributed by atoms with E-state index in [0.717, 1.165) is 22.0 Å². The number of aromatic nitrogens is 1. The van der Waals surface area contributed by atoms with Crippen LogP contribution in [0, 0.1) is 11.3 Å². The van der Waals surface area contributed by atoms with Crippen molar-refractivity contribution >= 4 is 27.8 Å². The highest BCUT2D eigenvalue weighted by atomic mass is 79.9. The molecule has 0 bridgehead atoms. The molecule has 0 unspecified atom stereocenters. The Kier molecular flexibility index (Phi) is 9.59. The SMILES string of the molecule is CCOC(=O)[C@@H]1[C@@H](C(C)(C)C)[C@H](NCc2cc(C3CCC3)cnc2OC)[C@H](c2ccccc2Br)N1C(=O)[C@@H]1CCCO1. The number of carbonyl (C=O) groups excluding carboxylic acids is 2. The van der Waals surface area contributed by atoms with E-state index in [1.54, 1.807) is 18.9 Å². The van der Waals surface area contributed by atoms with Gasteiger partial charge in [0.1, 0.15) is 12.1 Å². The molecule has 5 atom stereocenters. The summed E-state index contributed by atoms with van der Waals surface area (Å²) in [5, 5.41) is 3.83. The maximum Gasteiger partial charge on any atom is 0.329 e. The molecule has 5 rings (SSSR count). The second-order valence-electron chi connectivity index (χ2n) is 12.8. The van der Waals surface area contributed by atoms with Gasteiger partial charge in [0, 0.05) is 41.3 Å². The number of halogens is 1. The van der Waals surface area contributed by atoms with Crippen LogP contribution in [0.2, 0.25) is 0 Å². The third-order valence-corrected chi connectivity index (χ3v) is 9.84. The number of methoxy groups -OCH3 is 1. The van der Waals surface area contributed by atoms with Crippen LogP contribution < -0.4 is 10.1 Å². The van der Waals surface area contributed by atoms with Gasteiger partial charge < -0.3 is 24.4 Å². The summed E-state index contributed by atoms with van der Waals surface area (Å²) in [6, 6.07) is 8.66. The number of rotatable bonds is 9. The standard InChI is InChI=1S/C33H44BrN3O5/c1-6-41-32(39)29-26(33(2,3)4)27(35-19-22-17-21(20-11-9-12-20)18-36-30(22)40-5)28(23-13-7-8-14-24(23)34)37(29)31(38)25-15-10-16-42-25/h7-8,13-14,17-18,20,25-29,35H,6,9-12,15-16,19H2,1-5H3/t25-,26-,27-,28-,29-/m0/s1. The van der Waals surface area contributed by atoms with Crippen molar-refractivity contribution in [1.29, 1.82) is 0 Å². The second-order valence-corrected chi connectivity index (χ2v) is 13.6. The van der Waals surface area contributed by atoms with Gasteiger partial charge in [-0.1, -0.05) is 61.3 Å². The monoisotopic (exact) mass is 641 g/mol. The number of nitrogens with zero attached hydrogens (tertiary/aromatic N) is 2. The van der Waals surface area contributed by atoms with Gasteiger partial charge in [0.15, 0.2) is 0 Å². The molecule has 0 radical (unpaired) electrons. The lowest BCUT2D eigenvalue weighted by molar-refractivity contribution is -0.160. The Labute approximate surface area is 258 Å². The van der Waals surface area contributed by atoms with Crippen LogP contribution in [0.3, 0.4) is 0 Å². The first kappa shape index (κ1) is 31.0. The number of pyridine rings is 1. The van der Waals surface area contributed by atoms with Gasteiger partial charge in [0.2, 0.25) is 5.88 Å².